The van der Waals surface area contributed by atoms with Crippen LogP contribution in [0.1, 0.15) is 57.8 Å². The van der Waals surface area contributed by atoms with E-state index in [1.807, 2.05) is 0 Å². The van der Waals surface area contributed by atoms with Gasteiger partial charge in [-0.1, -0.05) is 19.3 Å². The molecule has 0 bridgehead atoms. The van der Waals surface area contributed by atoms with Gasteiger partial charge in [0.2, 0.25) is 0 Å². The zero-order valence-electron chi connectivity index (χ0n) is 13.1. The van der Waals surface area contributed by atoms with Crippen LogP contribution in [-0.2, 0) is 0 Å². The van der Waals surface area contributed by atoms with Crippen molar-refractivity contribution in [1.82, 2.24) is 15.5 Å². The molecule has 0 amide bonds. The quantitative estimate of drug-likeness (QED) is 0.809. The summed E-state index contributed by atoms with van der Waals surface area (Å²) in [6, 6.07) is 1.58. The number of piperidine rings is 1. The minimum atomic E-state index is 0.780. The predicted octanol–water partition coefficient (Wildman–Crippen LogP) is 2.37. The fraction of sp³-hybridized carbons (Fsp3) is 1.00. The van der Waals surface area contributed by atoms with Gasteiger partial charge < -0.3 is 15.5 Å². The van der Waals surface area contributed by atoms with Gasteiger partial charge in [0.25, 0.3) is 0 Å². The number of hydrogen-bond donors (Lipinski definition) is 2. The molecule has 3 fully saturated rings. The molecule has 3 unspecified atom stereocenters. The van der Waals surface area contributed by atoms with Crippen LogP contribution in [0.3, 0.4) is 0 Å². The fourth-order valence-corrected chi connectivity index (χ4v) is 4.55. The molecule has 3 aliphatic rings. The van der Waals surface area contributed by atoms with E-state index in [9.17, 15) is 0 Å². The molecule has 0 radical (unpaired) electrons. The maximum Gasteiger partial charge on any atom is 0.0111 e. The molecule has 3 nitrogen and oxygen atoms in total. The molecule has 0 aromatic heterocycles. The Labute approximate surface area is 124 Å². The van der Waals surface area contributed by atoms with Gasteiger partial charge in [0.05, 0.1) is 0 Å². The van der Waals surface area contributed by atoms with Crippen LogP contribution >= 0.6 is 0 Å². The molecule has 1 saturated carbocycles. The lowest BCUT2D eigenvalue weighted by Crippen LogP contribution is -2.51. The third kappa shape index (κ3) is 3.96. The first kappa shape index (κ1) is 14.8. The summed E-state index contributed by atoms with van der Waals surface area (Å²) < 4.78 is 0. The van der Waals surface area contributed by atoms with Crippen molar-refractivity contribution in [3.63, 3.8) is 0 Å². The number of hydrogen-bond acceptors (Lipinski definition) is 3. The second-order valence-electron chi connectivity index (χ2n) is 7.11. The number of rotatable bonds is 5. The second-order valence-corrected chi connectivity index (χ2v) is 7.11. The lowest BCUT2D eigenvalue weighted by Gasteiger charge is -2.40. The minimum Gasteiger partial charge on any atom is -0.314 e. The Morgan fingerprint density at radius 1 is 0.900 bits per heavy atom. The fourth-order valence-electron chi connectivity index (χ4n) is 4.55. The van der Waals surface area contributed by atoms with E-state index in [0.717, 1.165) is 18.0 Å². The number of nitrogens with zero attached hydrogens (tertiary/aromatic N) is 1. The number of likely N-dealkylation sites (tertiary alicyclic amines) is 1. The van der Waals surface area contributed by atoms with Crippen LogP contribution in [0, 0.1) is 5.92 Å². The molecule has 2 saturated heterocycles. The summed E-state index contributed by atoms with van der Waals surface area (Å²) >= 11 is 0. The SMILES string of the molecule is C1CCC(C2CCCCC2NCCN2CCCC2)NC1. The van der Waals surface area contributed by atoms with Gasteiger partial charge in [-0.3, -0.25) is 0 Å². The molecular weight excluding hydrogens is 246 g/mol. The molecule has 116 valence electrons. The Bertz CT molecular complexity index is 269. The molecule has 2 heterocycles. The van der Waals surface area contributed by atoms with Crippen molar-refractivity contribution < 1.29 is 0 Å². The molecule has 2 aliphatic heterocycles. The van der Waals surface area contributed by atoms with Crippen LogP contribution in [0.15, 0.2) is 0 Å². The van der Waals surface area contributed by atoms with Gasteiger partial charge in [0.15, 0.2) is 0 Å². The van der Waals surface area contributed by atoms with Crippen molar-refractivity contribution in [2.45, 2.75) is 69.9 Å². The molecular formula is C17H33N3. The van der Waals surface area contributed by atoms with Gasteiger partial charge in [-0.15, -0.1) is 0 Å². The molecule has 1 aliphatic carbocycles. The van der Waals surface area contributed by atoms with E-state index in [1.165, 1.54) is 90.5 Å². The molecule has 3 rings (SSSR count). The van der Waals surface area contributed by atoms with Crippen molar-refractivity contribution in [2.24, 2.45) is 5.92 Å². The van der Waals surface area contributed by atoms with E-state index < -0.39 is 0 Å². The van der Waals surface area contributed by atoms with Crippen LogP contribution in [0.4, 0.5) is 0 Å². The van der Waals surface area contributed by atoms with Crippen molar-refractivity contribution in [3.05, 3.63) is 0 Å². The zero-order valence-corrected chi connectivity index (χ0v) is 13.1. The summed E-state index contributed by atoms with van der Waals surface area (Å²) in [7, 11) is 0. The maximum absolute atomic E-state index is 3.91. The van der Waals surface area contributed by atoms with Crippen molar-refractivity contribution in [3.8, 4) is 0 Å². The Morgan fingerprint density at radius 2 is 1.70 bits per heavy atom. The average molecular weight is 279 g/mol. The number of nitrogens with one attached hydrogen (secondary N) is 2. The van der Waals surface area contributed by atoms with Crippen molar-refractivity contribution in [1.29, 1.82) is 0 Å². The van der Waals surface area contributed by atoms with Crippen LogP contribution < -0.4 is 10.6 Å². The second kappa shape index (κ2) is 7.77. The van der Waals surface area contributed by atoms with E-state index >= 15 is 0 Å². The van der Waals surface area contributed by atoms with E-state index in [4.69, 9.17) is 0 Å². The minimum absolute atomic E-state index is 0.780. The van der Waals surface area contributed by atoms with Crippen LogP contribution in [0.25, 0.3) is 0 Å². The molecule has 0 aromatic rings. The summed E-state index contributed by atoms with van der Waals surface area (Å²) in [5.74, 6) is 0.891. The summed E-state index contributed by atoms with van der Waals surface area (Å²) in [6.45, 7) is 6.39. The first-order valence-electron chi connectivity index (χ1n) is 9.12. The molecule has 20 heavy (non-hydrogen) atoms. The lowest BCUT2D eigenvalue weighted by atomic mass is 9.77. The Morgan fingerprint density at radius 3 is 2.50 bits per heavy atom. The first-order chi connectivity index (χ1) is 9.93. The summed E-state index contributed by atoms with van der Waals surface area (Å²) in [4.78, 5) is 2.63. The van der Waals surface area contributed by atoms with Crippen molar-refractivity contribution >= 4 is 0 Å². The van der Waals surface area contributed by atoms with Gasteiger partial charge in [-0.25, -0.2) is 0 Å². The monoisotopic (exact) mass is 279 g/mol. The van der Waals surface area contributed by atoms with Crippen LogP contribution in [0.2, 0.25) is 0 Å². The zero-order chi connectivity index (χ0) is 13.6. The van der Waals surface area contributed by atoms with Gasteiger partial charge in [0, 0.05) is 25.2 Å². The largest absolute Gasteiger partial charge is 0.314 e. The highest BCUT2D eigenvalue weighted by atomic mass is 15.2. The van der Waals surface area contributed by atoms with E-state index in [-0.39, 0.29) is 0 Å². The van der Waals surface area contributed by atoms with E-state index in [1.54, 1.807) is 0 Å². The first-order valence-corrected chi connectivity index (χ1v) is 9.12. The molecule has 2 N–H and O–H groups in total. The third-order valence-corrected chi connectivity index (χ3v) is 5.72. The summed E-state index contributed by atoms with van der Waals surface area (Å²) in [5.41, 5.74) is 0. The van der Waals surface area contributed by atoms with Gasteiger partial charge >= 0.3 is 0 Å². The van der Waals surface area contributed by atoms with E-state index in [0.29, 0.717) is 0 Å². The molecule has 3 atom stereocenters. The van der Waals surface area contributed by atoms with Crippen molar-refractivity contribution in [2.75, 3.05) is 32.7 Å². The Balaban J connectivity index is 1.44. The summed E-state index contributed by atoms with van der Waals surface area (Å²) in [5, 5.41) is 7.71. The summed E-state index contributed by atoms with van der Waals surface area (Å²) in [6.07, 6.45) is 12.8. The van der Waals surface area contributed by atoms with Gasteiger partial charge in [-0.05, 0) is 64.1 Å². The predicted molar refractivity (Wildman–Crippen MR) is 85.1 cm³/mol. The molecule has 0 spiro atoms. The average Bonchev–Trinajstić information content (AvgIpc) is 3.02. The topological polar surface area (TPSA) is 27.3 Å². The highest BCUT2D eigenvalue weighted by Crippen LogP contribution is 2.30. The van der Waals surface area contributed by atoms with Gasteiger partial charge in [-0.2, -0.15) is 0 Å². The molecule has 3 heteroatoms. The normalized spacial score (nSPS) is 36.3. The highest BCUT2D eigenvalue weighted by molar-refractivity contribution is 4.90. The van der Waals surface area contributed by atoms with E-state index in [2.05, 4.69) is 15.5 Å². The van der Waals surface area contributed by atoms with Gasteiger partial charge in [0.1, 0.15) is 0 Å². The molecule has 0 aromatic carbocycles. The smallest absolute Gasteiger partial charge is 0.0111 e. The maximum atomic E-state index is 3.91. The van der Waals surface area contributed by atoms with Crippen LogP contribution in [-0.4, -0.2) is 49.7 Å². The Hall–Kier alpha value is -0.120. The van der Waals surface area contributed by atoms with Crippen LogP contribution in [0.5, 0.6) is 0 Å². The lowest BCUT2D eigenvalue weighted by molar-refractivity contribution is 0.178. The highest BCUT2D eigenvalue weighted by Gasteiger charge is 2.32. The Kier molecular flexibility index (Phi) is 5.75. The third-order valence-electron chi connectivity index (χ3n) is 5.72. The standard InChI is InChI=1S/C17H33N3/c1-2-8-17(19-11-14-20-12-5-6-13-20)15(7-1)16-9-3-4-10-18-16/h15-19H,1-14H2.